The van der Waals surface area contributed by atoms with Crippen LogP contribution >= 0.6 is 15.9 Å². The molecule has 0 aromatic heterocycles. The first-order valence-electron chi connectivity index (χ1n) is 7.21. The van der Waals surface area contributed by atoms with Crippen LogP contribution in [0.4, 0.5) is 0 Å². The maximum Gasteiger partial charge on any atom is 0.220 e. The van der Waals surface area contributed by atoms with Gasteiger partial charge in [-0.15, -0.1) is 0 Å². The summed E-state index contributed by atoms with van der Waals surface area (Å²) in [7, 11) is 0. The summed E-state index contributed by atoms with van der Waals surface area (Å²) in [6.45, 7) is 9.85. The predicted molar refractivity (Wildman–Crippen MR) is 82.3 cm³/mol. The van der Waals surface area contributed by atoms with E-state index in [4.69, 9.17) is 0 Å². The summed E-state index contributed by atoms with van der Waals surface area (Å²) < 4.78 is 0. The van der Waals surface area contributed by atoms with Gasteiger partial charge in [0.2, 0.25) is 5.91 Å². The lowest BCUT2D eigenvalue weighted by Crippen LogP contribution is -2.33. The number of alkyl halides is 1. The highest BCUT2D eigenvalue weighted by Gasteiger charge is 2.07. The van der Waals surface area contributed by atoms with E-state index in [1.807, 2.05) is 0 Å². The number of hydrogen-bond acceptors (Lipinski definition) is 2. The fraction of sp³-hybridized carbons (Fsp3) is 0.929. The Kier molecular flexibility index (Phi) is 11.9. The number of halogens is 1. The molecule has 0 rings (SSSR count). The molecular formula is C14H29BrN2O. The minimum absolute atomic E-state index is 0.200. The van der Waals surface area contributed by atoms with Crippen molar-refractivity contribution in [2.45, 2.75) is 58.9 Å². The van der Waals surface area contributed by atoms with Gasteiger partial charge >= 0.3 is 0 Å². The van der Waals surface area contributed by atoms with Gasteiger partial charge in [-0.1, -0.05) is 29.8 Å². The topological polar surface area (TPSA) is 32.3 Å². The largest absolute Gasteiger partial charge is 0.354 e. The van der Waals surface area contributed by atoms with Crippen molar-refractivity contribution in [2.24, 2.45) is 0 Å². The summed E-state index contributed by atoms with van der Waals surface area (Å²) in [5.74, 6) is 0.200. The second-order valence-corrected chi connectivity index (χ2v) is 5.58. The Morgan fingerprint density at radius 1 is 1.22 bits per heavy atom. The number of carbonyl (C=O) groups excluding carboxylic acids is 1. The lowest BCUT2D eigenvalue weighted by molar-refractivity contribution is -0.121. The molecule has 0 bridgehead atoms. The fourth-order valence-corrected chi connectivity index (χ4v) is 2.36. The molecule has 108 valence electrons. The van der Waals surface area contributed by atoms with Gasteiger partial charge in [0.1, 0.15) is 0 Å². The fourth-order valence-electron chi connectivity index (χ4n) is 1.96. The molecule has 1 unspecified atom stereocenters. The lowest BCUT2D eigenvalue weighted by atomic mass is 10.1. The van der Waals surface area contributed by atoms with E-state index in [2.05, 4.69) is 46.9 Å². The number of rotatable bonds is 11. The molecule has 0 fully saturated rings. The molecule has 1 N–H and O–H groups in total. The van der Waals surface area contributed by atoms with Gasteiger partial charge in [0.25, 0.3) is 0 Å². The van der Waals surface area contributed by atoms with Crippen LogP contribution in [0.25, 0.3) is 0 Å². The average molecular weight is 321 g/mol. The molecule has 0 aromatic carbocycles. The van der Waals surface area contributed by atoms with E-state index in [0.717, 1.165) is 50.6 Å². The van der Waals surface area contributed by atoms with Gasteiger partial charge in [-0.05, 0) is 52.2 Å². The van der Waals surface area contributed by atoms with Crippen molar-refractivity contribution in [3.05, 3.63) is 0 Å². The minimum atomic E-state index is 0.200. The third-order valence-electron chi connectivity index (χ3n) is 3.20. The maximum absolute atomic E-state index is 11.6. The smallest absolute Gasteiger partial charge is 0.220 e. The first-order chi connectivity index (χ1) is 8.63. The molecule has 1 amide bonds. The molecule has 3 nitrogen and oxygen atoms in total. The Hall–Kier alpha value is -0.0900. The zero-order valence-corrected chi connectivity index (χ0v) is 13.8. The Morgan fingerprint density at radius 2 is 1.89 bits per heavy atom. The number of nitrogens with one attached hydrogen (secondary N) is 1. The van der Waals surface area contributed by atoms with Crippen LogP contribution in [-0.4, -0.2) is 41.8 Å². The van der Waals surface area contributed by atoms with Crippen LogP contribution in [0.15, 0.2) is 0 Å². The summed E-state index contributed by atoms with van der Waals surface area (Å²) in [4.78, 5) is 14.0. The van der Waals surface area contributed by atoms with Crippen molar-refractivity contribution in [1.29, 1.82) is 0 Å². The van der Waals surface area contributed by atoms with E-state index in [1.165, 1.54) is 0 Å². The van der Waals surface area contributed by atoms with E-state index in [0.29, 0.717) is 12.5 Å². The molecular weight excluding hydrogens is 292 g/mol. The van der Waals surface area contributed by atoms with Crippen LogP contribution in [-0.2, 0) is 4.79 Å². The molecule has 0 aromatic rings. The first-order valence-corrected chi connectivity index (χ1v) is 8.33. The third-order valence-corrected chi connectivity index (χ3v) is 3.76. The van der Waals surface area contributed by atoms with Crippen molar-refractivity contribution >= 4 is 21.8 Å². The molecule has 0 radical (unpaired) electrons. The summed E-state index contributed by atoms with van der Waals surface area (Å²) in [5, 5.41) is 4.06. The second kappa shape index (κ2) is 12.0. The van der Waals surface area contributed by atoms with Crippen LogP contribution in [0.1, 0.15) is 52.9 Å². The van der Waals surface area contributed by atoms with Crippen molar-refractivity contribution in [3.63, 3.8) is 0 Å². The molecule has 0 aliphatic rings. The summed E-state index contributed by atoms with van der Waals surface area (Å²) in [5.41, 5.74) is 0. The molecule has 4 heteroatoms. The van der Waals surface area contributed by atoms with Crippen LogP contribution in [0, 0.1) is 0 Å². The van der Waals surface area contributed by atoms with E-state index >= 15 is 0 Å². The van der Waals surface area contributed by atoms with Crippen LogP contribution in [0.5, 0.6) is 0 Å². The van der Waals surface area contributed by atoms with Gasteiger partial charge < -0.3 is 10.2 Å². The van der Waals surface area contributed by atoms with E-state index < -0.39 is 0 Å². The zero-order chi connectivity index (χ0) is 13.8. The van der Waals surface area contributed by atoms with E-state index in [9.17, 15) is 4.79 Å². The number of amides is 1. The predicted octanol–water partition coefficient (Wildman–Crippen LogP) is 3.18. The van der Waals surface area contributed by atoms with Gasteiger partial charge in [-0.3, -0.25) is 4.79 Å². The van der Waals surface area contributed by atoms with Crippen molar-refractivity contribution < 1.29 is 4.79 Å². The standard InChI is InChI=1S/C14H29BrN2O/c1-4-17(5-2)12-8-9-13(3)16-14(18)10-6-7-11-15/h13H,4-12H2,1-3H3,(H,16,18). The normalized spacial score (nSPS) is 12.7. The molecule has 0 aliphatic heterocycles. The third kappa shape index (κ3) is 9.89. The van der Waals surface area contributed by atoms with Crippen molar-refractivity contribution in [3.8, 4) is 0 Å². The molecule has 0 saturated carbocycles. The maximum atomic E-state index is 11.6. The molecule has 0 aliphatic carbocycles. The second-order valence-electron chi connectivity index (χ2n) is 4.78. The number of hydrogen-bond donors (Lipinski definition) is 1. The summed E-state index contributed by atoms with van der Waals surface area (Å²) in [6, 6.07) is 0.303. The lowest BCUT2D eigenvalue weighted by Gasteiger charge is -2.19. The van der Waals surface area contributed by atoms with Crippen LogP contribution in [0.3, 0.4) is 0 Å². The molecule has 0 saturated heterocycles. The summed E-state index contributed by atoms with van der Waals surface area (Å²) in [6.07, 6.45) is 4.93. The molecule has 1 atom stereocenters. The van der Waals surface area contributed by atoms with Gasteiger partial charge in [0, 0.05) is 17.8 Å². The molecule has 0 spiro atoms. The van der Waals surface area contributed by atoms with Gasteiger partial charge in [-0.2, -0.15) is 0 Å². The minimum Gasteiger partial charge on any atom is -0.354 e. The number of nitrogens with zero attached hydrogens (tertiary/aromatic N) is 1. The zero-order valence-electron chi connectivity index (χ0n) is 12.2. The average Bonchev–Trinajstić information content (AvgIpc) is 2.35. The molecule has 0 heterocycles. The quantitative estimate of drug-likeness (QED) is 0.468. The number of carbonyl (C=O) groups is 1. The highest BCUT2D eigenvalue weighted by molar-refractivity contribution is 9.09. The Balaban J connectivity index is 3.57. The molecule has 18 heavy (non-hydrogen) atoms. The van der Waals surface area contributed by atoms with Gasteiger partial charge in [0.15, 0.2) is 0 Å². The van der Waals surface area contributed by atoms with Gasteiger partial charge in [0.05, 0.1) is 0 Å². The highest BCUT2D eigenvalue weighted by Crippen LogP contribution is 2.02. The first kappa shape index (κ1) is 17.9. The Morgan fingerprint density at radius 3 is 2.44 bits per heavy atom. The van der Waals surface area contributed by atoms with Crippen molar-refractivity contribution in [1.82, 2.24) is 10.2 Å². The van der Waals surface area contributed by atoms with Crippen LogP contribution in [0.2, 0.25) is 0 Å². The monoisotopic (exact) mass is 320 g/mol. The van der Waals surface area contributed by atoms with Crippen LogP contribution < -0.4 is 5.32 Å². The Bertz CT molecular complexity index is 208. The van der Waals surface area contributed by atoms with E-state index in [-0.39, 0.29) is 5.91 Å². The highest BCUT2D eigenvalue weighted by atomic mass is 79.9. The number of unbranched alkanes of at least 4 members (excludes halogenated alkanes) is 1. The van der Waals surface area contributed by atoms with Gasteiger partial charge in [-0.25, -0.2) is 0 Å². The van der Waals surface area contributed by atoms with Crippen molar-refractivity contribution in [2.75, 3.05) is 25.0 Å². The summed E-state index contributed by atoms with van der Waals surface area (Å²) >= 11 is 3.38. The van der Waals surface area contributed by atoms with E-state index in [1.54, 1.807) is 0 Å². The Labute approximate surface area is 121 Å². The SMILES string of the molecule is CCN(CC)CCCC(C)NC(=O)CCCCBr.